The van der Waals surface area contributed by atoms with E-state index in [4.69, 9.17) is 23.2 Å². The second kappa shape index (κ2) is 6.76. The molecule has 0 unspecified atom stereocenters. The van der Waals surface area contributed by atoms with Crippen LogP contribution in [0.15, 0.2) is 11.1 Å². The Hall–Kier alpha value is -0.740. The summed E-state index contributed by atoms with van der Waals surface area (Å²) >= 11 is 11.6. The van der Waals surface area contributed by atoms with Gasteiger partial charge in [-0.3, -0.25) is 4.79 Å². The molecule has 1 N–H and O–H groups in total. The zero-order valence-electron chi connectivity index (χ0n) is 9.17. The Morgan fingerprint density at radius 2 is 2.25 bits per heavy atom. The van der Waals surface area contributed by atoms with Gasteiger partial charge < -0.3 is 9.88 Å². The zero-order chi connectivity index (χ0) is 12.0. The molecule has 0 aliphatic rings. The van der Waals surface area contributed by atoms with Crippen molar-refractivity contribution in [1.82, 2.24) is 9.97 Å². The number of rotatable bonds is 6. The fraction of sp³-hybridized carbons (Fsp3) is 0.600. The minimum absolute atomic E-state index is 0.128. The third-order valence-electron chi connectivity index (χ3n) is 2.21. The Bertz CT molecular complexity index is 381. The summed E-state index contributed by atoms with van der Waals surface area (Å²) in [4.78, 5) is 19.8. The van der Waals surface area contributed by atoms with E-state index < -0.39 is 0 Å². The summed E-state index contributed by atoms with van der Waals surface area (Å²) in [6.45, 7) is 3.54. The third kappa shape index (κ3) is 3.39. The number of alkyl halides is 1. The molecule has 0 atom stereocenters. The quantitative estimate of drug-likeness (QED) is 0.802. The summed E-state index contributed by atoms with van der Waals surface area (Å²) in [5.74, 6) is 0.994. The van der Waals surface area contributed by atoms with Crippen LogP contribution in [0.25, 0.3) is 0 Å². The summed E-state index contributed by atoms with van der Waals surface area (Å²) < 4.78 is 0. The van der Waals surface area contributed by atoms with Crippen molar-refractivity contribution < 1.29 is 0 Å². The summed E-state index contributed by atoms with van der Waals surface area (Å²) in [5.41, 5.74) is -0.317. The molecule has 0 aromatic carbocycles. The van der Waals surface area contributed by atoms with Crippen molar-refractivity contribution in [2.24, 2.45) is 0 Å². The molecule has 0 radical (unpaired) electrons. The number of anilines is 1. The highest BCUT2D eigenvalue weighted by Crippen LogP contribution is 2.18. The lowest BCUT2D eigenvalue weighted by Crippen LogP contribution is -2.29. The van der Waals surface area contributed by atoms with Gasteiger partial charge in [-0.2, -0.15) is 0 Å². The summed E-state index contributed by atoms with van der Waals surface area (Å²) in [5, 5.41) is 0.128. The number of halogens is 2. The van der Waals surface area contributed by atoms with Crippen LogP contribution in [0.5, 0.6) is 0 Å². The molecule has 0 saturated carbocycles. The van der Waals surface area contributed by atoms with Gasteiger partial charge in [0.1, 0.15) is 5.02 Å². The van der Waals surface area contributed by atoms with Crippen LogP contribution in [-0.2, 0) is 0 Å². The first-order valence-electron chi connectivity index (χ1n) is 5.24. The van der Waals surface area contributed by atoms with Crippen LogP contribution >= 0.6 is 23.2 Å². The number of aromatic amines is 1. The molecule has 16 heavy (non-hydrogen) atoms. The second-order valence-electron chi connectivity index (χ2n) is 3.40. The lowest BCUT2D eigenvalue weighted by atomic mass is 10.3. The number of hydrogen-bond acceptors (Lipinski definition) is 3. The lowest BCUT2D eigenvalue weighted by Gasteiger charge is -2.22. The maximum absolute atomic E-state index is 11.3. The SMILES string of the molecule is CCCCN(CCCl)c1nc[nH]c(=O)c1Cl. The van der Waals surface area contributed by atoms with Crippen LogP contribution < -0.4 is 10.5 Å². The Morgan fingerprint density at radius 1 is 1.50 bits per heavy atom. The van der Waals surface area contributed by atoms with Crippen molar-refractivity contribution in [3.63, 3.8) is 0 Å². The van der Waals surface area contributed by atoms with E-state index in [0.717, 1.165) is 19.4 Å². The van der Waals surface area contributed by atoms with E-state index in [9.17, 15) is 4.79 Å². The first-order chi connectivity index (χ1) is 7.70. The molecule has 0 aliphatic heterocycles. The van der Waals surface area contributed by atoms with Gasteiger partial charge in [0.2, 0.25) is 0 Å². The predicted octanol–water partition coefficient (Wildman–Crippen LogP) is 2.27. The molecule has 0 aliphatic carbocycles. The number of hydrogen-bond donors (Lipinski definition) is 1. The van der Waals surface area contributed by atoms with Crippen LogP contribution in [0.1, 0.15) is 19.8 Å². The van der Waals surface area contributed by atoms with E-state index in [1.54, 1.807) is 0 Å². The minimum atomic E-state index is -0.317. The van der Waals surface area contributed by atoms with E-state index in [2.05, 4.69) is 16.9 Å². The van der Waals surface area contributed by atoms with Crippen LogP contribution in [-0.4, -0.2) is 28.9 Å². The van der Waals surface area contributed by atoms with E-state index in [0.29, 0.717) is 18.2 Å². The lowest BCUT2D eigenvalue weighted by molar-refractivity contribution is 0.724. The first-order valence-corrected chi connectivity index (χ1v) is 6.16. The smallest absolute Gasteiger partial charge is 0.271 e. The Balaban J connectivity index is 2.91. The molecule has 6 heteroatoms. The van der Waals surface area contributed by atoms with E-state index in [1.807, 2.05) is 4.90 Å². The average Bonchev–Trinajstić information content (AvgIpc) is 2.28. The summed E-state index contributed by atoms with van der Waals surface area (Å²) in [7, 11) is 0. The molecule has 0 bridgehead atoms. The van der Waals surface area contributed by atoms with Crippen LogP contribution in [0.2, 0.25) is 5.02 Å². The van der Waals surface area contributed by atoms with Gasteiger partial charge in [0, 0.05) is 19.0 Å². The molecular formula is C10H15Cl2N3O. The standard InChI is InChI=1S/C10H15Cl2N3O/c1-2-3-5-15(6-4-11)9-8(12)10(16)14-7-13-9/h7H,2-6H2,1H3,(H,13,14,16). The van der Waals surface area contributed by atoms with Gasteiger partial charge in [-0.15, -0.1) is 11.6 Å². The van der Waals surface area contributed by atoms with Crippen LogP contribution in [0, 0.1) is 0 Å². The highest BCUT2D eigenvalue weighted by Gasteiger charge is 2.13. The van der Waals surface area contributed by atoms with Gasteiger partial charge in [0.25, 0.3) is 5.56 Å². The molecule has 1 heterocycles. The van der Waals surface area contributed by atoms with Gasteiger partial charge >= 0.3 is 0 Å². The Morgan fingerprint density at radius 3 is 2.88 bits per heavy atom. The van der Waals surface area contributed by atoms with Gasteiger partial charge in [0.05, 0.1) is 6.33 Å². The van der Waals surface area contributed by atoms with Crippen LogP contribution in [0.4, 0.5) is 5.82 Å². The number of H-pyrrole nitrogens is 1. The normalized spacial score (nSPS) is 10.4. The number of nitrogens with zero attached hydrogens (tertiary/aromatic N) is 2. The summed E-state index contributed by atoms with van der Waals surface area (Å²) in [6.07, 6.45) is 3.44. The Kier molecular flexibility index (Phi) is 5.63. The molecule has 0 saturated heterocycles. The highest BCUT2D eigenvalue weighted by molar-refractivity contribution is 6.32. The van der Waals surface area contributed by atoms with Crippen molar-refractivity contribution in [2.45, 2.75) is 19.8 Å². The topological polar surface area (TPSA) is 49.0 Å². The maximum Gasteiger partial charge on any atom is 0.271 e. The fourth-order valence-corrected chi connectivity index (χ4v) is 1.80. The predicted molar refractivity (Wildman–Crippen MR) is 67.7 cm³/mol. The minimum Gasteiger partial charge on any atom is -0.354 e. The average molecular weight is 264 g/mol. The molecule has 0 spiro atoms. The molecular weight excluding hydrogens is 249 g/mol. The zero-order valence-corrected chi connectivity index (χ0v) is 10.7. The molecule has 0 amide bonds. The molecule has 4 nitrogen and oxygen atoms in total. The van der Waals surface area contributed by atoms with E-state index in [-0.39, 0.29) is 10.6 Å². The van der Waals surface area contributed by atoms with E-state index in [1.165, 1.54) is 6.33 Å². The highest BCUT2D eigenvalue weighted by atomic mass is 35.5. The van der Waals surface area contributed by atoms with Gasteiger partial charge in [-0.05, 0) is 6.42 Å². The molecule has 0 fully saturated rings. The van der Waals surface area contributed by atoms with Crippen molar-refractivity contribution >= 4 is 29.0 Å². The first kappa shape index (κ1) is 13.3. The van der Waals surface area contributed by atoms with Crippen molar-refractivity contribution in [1.29, 1.82) is 0 Å². The number of aromatic nitrogens is 2. The monoisotopic (exact) mass is 263 g/mol. The number of unbranched alkanes of at least 4 members (excludes halogenated alkanes) is 1. The van der Waals surface area contributed by atoms with Crippen molar-refractivity contribution in [2.75, 3.05) is 23.9 Å². The third-order valence-corrected chi connectivity index (χ3v) is 2.72. The second-order valence-corrected chi connectivity index (χ2v) is 4.15. The fourth-order valence-electron chi connectivity index (χ4n) is 1.37. The molecule has 1 aromatic rings. The summed E-state index contributed by atoms with van der Waals surface area (Å²) in [6, 6.07) is 0. The maximum atomic E-state index is 11.3. The van der Waals surface area contributed by atoms with Gasteiger partial charge in [-0.25, -0.2) is 4.98 Å². The van der Waals surface area contributed by atoms with Crippen molar-refractivity contribution in [3.05, 3.63) is 21.7 Å². The molecule has 90 valence electrons. The van der Waals surface area contributed by atoms with E-state index >= 15 is 0 Å². The Labute approximate surface area is 105 Å². The van der Waals surface area contributed by atoms with Crippen LogP contribution in [0.3, 0.4) is 0 Å². The van der Waals surface area contributed by atoms with Gasteiger partial charge in [0.15, 0.2) is 5.82 Å². The largest absolute Gasteiger partial charge is 0.354 e. The molecule has 1 aromatic heterocycles. The number of nitrogens with one attached hydrogen (secondary N) is 1. The van der Waals surface area contributed by atoms with Gasteiger partial charge in [-0.1, -0.05) is 24.9 Å². The molecule has 1 rings (SSSR count). The van der Waals surface area contributed by atoms with Crippen molar-refractivity contribution in [3.8, 4) is 0 Å².